The van der Waals surface area contributed by atoms with Crippen molar-refractivity contribution in [3.05, 3.63) is 95.8 Å². The van der Waals surface area contributed by atoms with E-state index in [0.29, 0.717) is 42.8 Å². The summed E-state index contributed by atoms with van der Waals surface area (Å²) < 4.78 is 20.7. The fourth-order valence-electron chi connectivity index (χ4n) is 9.43. The highest BCUT2D eigenvalue weighted by Gasteiger charge is 2.44. The van der Waals surface area contributed by atoms with Gasteiger partial charge in [-0.05, 0) is 70.2 Å². The molecule has 0 radical (unpaired) electrons. The van der Waals surface area contributed by atoms with Crippen LogP contribution in [0.25, 0.3) is 33.6 Å². The van der Waals surface area contributed by atoms with E-state index in [-0.39, 0.29) is 55.7 Å². The number of alkyl carbamates (subject to hydrolysis) is 2. The molecule has 4 atom stereocenters. The van der Waals surface area contributed by atoms with Gasteiger partial charge in [0.15, 0.2) is 11.5 Å². The second-order valence-electron chi connectivity index (χ2n) is 18.2. The first-order valence-electron chi connectivity index (χ1n) is 22.9. The molecule has 2 aromatic heterocycles. The monoisotopic (exact) mass is 928 g/mol. The molecule has 3 aromatic carbocycles. The van der Waals surface area contributed by atoms with Crippen LogP contribution in [0.5, 0.6) is 11.5 Å². The first-order chi connectivity index (χ1) is 32.8. The van der Waals surface area contributed by atoms with E-state index >= 15 is 0 Å². The average Bonchev–Trinajstić information content (AvgIpc) is 4.21. The number of ether oxygens (including phenoxy) is 4. The lowest BCUT2D eigenvalue weighted by molar-refractivity contribution is -0.136. The minimum absolute atomic E-state index is 0.00828. The molecule has 9 rings (SSSR count). The summed E-state index contributed by atoms with van der Waals surface area (Å²) >= 11 is 0. The lowest BCUT2D eigenvalue weighted by atomic mass is 10.0. The molecule has 4 aliphatic rings. The Kier molecular flexibility index (Phi) is 12.7. The van der Waals surface area contributed by atoms with E-state index in [2.05, 4.69) is 25.6 Å². The maximum Gasteiger partial charge on any atom is 0.407 e. The van der Waals surface area contributed by atoms with Crippen LogP contribution in [-0.2, 0) is 32.2 Å². The van der Waals surface area contributed by atoms with Crippen molar-refractivity contribution in [2.24, 2.45) is 11.8 Å². The molecular formula is C49H56N10O9. The number of H-pyrrole nitrogens is 2. The Hall–Kier alpha value is -7.57. The number of imidazole rings is 2. The van der Waals surface area contributed by atoms with Crippen LogP contribution in [0.3, 0.4) is 0 Å². The van der Waals surface area contributed by atoms with Crippen LogP contribution in [0.1, 0.15) is 75.4 Å². The summed E-state index contributed by atoms with van der Waals surface area (Å²) in [5.41, 5.74) is 7.34. The molecule has 19 nitrogen and oxygen atoms in total. The summed E-state index contributed by atoms with van der Waals surface area (Å²) in [6.45, 7) is 9.14. The number of amides is 6. The van der Waals surface area contributed by atoms with E-state index in [4.69, 9.17) is 23.9 Å². The van der Waals surface area contributed by atoms with Gasteiger partial charge in [0.05, 0.1) is 57.3 Å². The SMILES string of the molecule is COC(=O)N[C@H](C(=O)N1CCCC1c1ncc(-c2ccc(-c3ccc(-c4cnc(C5CN(C(=O)N6Cc7cc8c(cc7C6)OCO8)CN5C(=O)[C@@H](NC(=O)OC)C(C)C)[nH]4)cc3)cc2)[nH]1)C(C)C. The summed E-state index contributed by atoms with van der Waals surface area (Å²) in [6.07, 6.45) is 3.73. The van der Waals surface area contributed by atoms with Crippen molar-refractivity contribution in [3.8, 4) is 45.1 Å². The number of carbonyl (C=O) groups excluding carboxylic acids is 5. The van der Waals surface area contributed by atoms with Crippen LogP contribution in [0.15, 0.2) is 73.1 Å². The Morgan fingerprint density at radius 2 is 1.13 bits per heavy atom. The molecule has 0 saturated carbocycles. The molecule has 4 aliphatic heterocycles. The number of nitrogens with one attached hydrogen (secondary N) is 4. The molecule has 356 valence electrons. The molecular weight excluding hydrogens is 873 g/mol. The first kappa shape index (κ1) is 45.6. The first-order valence-corrected chi connectivity index (χ1v) is 22.9. The van der Waals surface area contributed by atoms with Gasteiger partial charge in [0.25, 0.3) is 0 Å². The number of hydrogen-bond donors (Lipinski definition) is 4. The molecule has 0 bridgehead atoms. The van der Waals surface area contributed by atoms with Gasteiger partial charge in [-0.25, -0.2) is 24.4 Å². The number of aromatic nitrogens is 4. The fourth-order valence-corrected chi connectivity index (χ4v) is 9.43. The third-order valence-electron chi connectivity index (χ3n) is 13.2. The molecule has 19 heteroatoms. The number of carbonyl (C=O) groups is 5. The number of rotatable bonds is 11. The number of benzene rings is 3. The van der Waals surface area contributed by atoms with Gasteiger partial charge in [0.1, 0.15) is 29.8 Å². The summed E-state index contributed by atoms with van der Waals surface area (Å²) in [7, 11) is 2.53. The van der Waals surface area contributed by atoms with E-state index in [1.54, 1.807) is 32.0 Å². The smallest absolute Gasteiger partial charge is 0.407 e. The highest BCUT2D eigenvalue weighted by Crippen LogP contribution is 2.40. The van der Waals surface area contributed by atoms with Crippen LogP contribution in [0.2, 0.25) is 0 Å². The van der Waals surface area contributed by atoms with Gasteiger partial charge in [-0.15, -0.1) is 0 Å². The van der Waals surface area contributed by atoms with E-state index in [1.165, 1.54) is 14.2 Å². The number of likely N-dealkylation sites (tertiary alicyclic amines) is 1. The van der Waals surface area contributed by atoms with Gasteiger partial charge in [0.2, 0.25) is 18.6 Å². The number of aromatic amines is 2. The molecule has 68 heavy (non-hydrogen) atoms. The summed E-state index contributed by atoms with van der Waals surface area (Å²) in [4.78, 5) is 89.5. The Morgan fingerprint density at radius 1 is 0.662 bits per heavy atom. The van der Waals surface area contributed by atoms with Crippen molar-refractivity contribution in [2.45, 2.75) is 77.8 Å². The second-order valence-corrected chi connectivity index (χ2v) is 18.2. The van der Waals surface area contributed by atoms with E-state index < -0.39 is 30.3 Å². The molecule has 6 amide bonds. The van der Waals surface area contributed by atoms with E-state index in [1.807, 2.05) is 88.4 Å². The minimum Gasteiger partial charge on any atom is -0.454 e. The molecule has 5 aromatic rings. The van der Waals surface area contributed by atoms with Crippen molar-refractivity contribution >= 4 is 30.0 Å². The van der Waals surface area contributed by atoms with Gasteiger partial charge in [0, 0.05) is 19.6 Å². The summed E-state index contributed by atoms with van der Waals surface area (Å²) in [6, 6.07) is 17.3. The number of fused-ring (bicyclic) bond motifs is 2. The molecule has 2 saturated heterocycles. The Labute approximate surface area is 393 Å². The zero-order valence-corrected chi connectivity index (χ0v) is 38.9. The number of methoxy groups -OCH3 is 2. The summed E-state index contributed by atoms with van der Waals surface area (Å²) in [5, 5.41) is 5.38. The predicted octanol–water partition coefficient (Wildman–Crippen LogP) is 6.57. The lowest BCUT2D eigenvalue weighted by Crippen LogP contribution is -2.52. The molecule has 2 unspecified atom stereocenters. The quantitative estimate of drug-likeness (QED) is 0.111. The zero-order chi connectivity index (χ0) is 47.8. The molecule has 0 aliphatic carbocycles. The minimum atomic E-state index is -0.909. The van der Waals surface area contributed by atoms with Crippen LogP contribution in [-0.4, -0.2) is 122 Å². The largest absolute Gasteiger partial charge is 0.454 e. The number of nitrogens with zero attached hydrogens (tertiary/aromatic N) is 6. The van der Waals surface area contributed by atoms with Crippen molar-refractivity contribution in [3.63, 3.8) is 0 Å². The number of hydrogen-bond acceptors (Lipinski definition) is 11. The van der Waals surface area contributed by atoms with Crippen LogP contribution in [0, 0.1) is 11.8 Å². The van der Waals surface area contributed by atoms with Crippen molar-refractivity contribution in [1.29, 1.82) is 0 Å². The van der Waals surface area contributed by atoms with E-state index in [9.17, 15) is 24.0 Å². The van der Waals surface area contributed by atoms with Gasteiger partial charge in [-0.2, -0.15) is 0 Å². The Morgan fingerprint density at radius 3 is 1.62 bits per heavy atom. The highest BCUT2D eigenvalue weighted by molar-refractivity contribution is 5.88. The predicted molar refractivity (Wildman–Crippen MR) is 247 cm³/mol. The molecule has 2 fully saturated rings. The molecule has 4 N–H and O–H groups in total. The van der Waals surface area contributed by atoms with Gasteiger partial charge in [-0.3, -0.25) is 9.59 Å². The Bertz CT molecular complexity index is 2670. The van der Waals surface area contributed by atoms with Gasteiger partial charge >= 0.3 is 18.2 Å². The maximum absolute atomic E-state index is 14.3. The fraction of sp³-hybridized carbons (Fsp3) is 0.408. The third-order valence-corrected chi connectivity index (χ3v) is 13.2. The van der Waals surface area contributed by atoms with Gasteiger partial charge < -0.3 is 59.1 Å². The van der Waals surface area contributed by atoms with Crippen molar-refractivity contribution < 1.29 is 42.9 Å². The van der Waals surface area contributed by atoms with Crippen LogP contribution < -0.4 is 20.1 Å². The standard InChI is InChI=1S/C49H56N10O9/c1-27(2)41(54-47(62)65-5)45(60)58-17-7-8-37(58)43-50-20-35(52-43)31-13-9-29(10-14-31)30-11-15-32(16-12-30)36-21-51-44(53-36)38-24-57(25-59(38)46(61)42(28(3)4)55-48(63)66-6)49(64)56-22-33-18-39-40(68-26-67-39)19-34(33)23-56/h9-16,18-21,27-28,37-38,41-42H,7-8,17,22-26H2,1-6H3,(H,50,52)(H,51,53)(H,54,62)(H,55,63)/t37?,38?,41-,42-/m0/s1. The van der Waals surface area contributed by atoms with Crippen LogP contribution in [0.4, 0.5) is 14.4 Å². The summed E-state index contributed by atoms with van der Waals surface area (Å²) in [5.74, 6) is 1.60. The third kappa shape index (κ3) is 8.99. The van der Waals surface area contributed by atoms with E-state index in [0.717, 1.165) is 57.6 Å². The normalized spacial score (nSPS) is 18.2. The van der Waals surface area contributed by atoms with Crippen molar-refractivity contribution in [1.82, 2.24) is 50.2 Å². The average molecular weight is 929 g/mol. The molecule has 0 spiro atoms. The lowest BCUT2D eigenvalue weighted by Gasteiger charge is -2.30. The second kappa shape index (κ2) is 19.0. The van der Waals surface area contributed by atoms with Crippen molar-refractivity contribution in [2.75, 3.05) is 40.8 Å². The van der Waals surface area contributed by atoms with Gasteiger partial charge in [-0.1, -0.05) is 76.2 Å². The molecule has 6 heterocycles. The Balaban J connectivity index is 0.886. The van der Waals surface area contributed by atoms with Crippen LogP contribution >= 0.6 is 0 Å². The zero-order valence-electron chi connectivity index (χ0n) is 38.9. The highest BCUT2D eigenvalue weighted by atomic mass is 16.7. The maximum atomic E-state index is 14.3. The topological polar surface area (TPSA) is 217 Å². The number of urea groups is 1.